The van der Waals surface area contributed by atoms with E-state index in [9.17, 15) is 18.8 Å². The summed E-state index contributed by atoms with van der Waals surface area (Å²) in [4.78, 5) is 39.1. The van der Waals surface area contributed by atoms with Gasteiger partial charge in [-0.3, -0.25) is 9.59 Å². The molecule has 0 saturated heterocycles. The summed E-state index contributed by atoms with van der Waals surface area (Å²) in [5.41, 5.74) is 5.24. The van der Waals surface area contributed by atoms with Crippen LogP contribution in [0.3, 0.4) is 0 Å². The van der Waals surface area contributed by atoms with E-state index < -0.39 is 51.3 Å². The number of nitrogens with one attached hydrogen (secondary N) is 1. The maximum Gasteiger partial charge on any atom is 0.343 e. The number of fused-ring (bicyclic) bond motifs is 1. The molecule has 9 nitrogen and oxygen atoms in total. The molecule has 1 amide bonds. The third-order valence-electron chi connectivity index (χ3n) is 4.21. The number of amides is 1. The van der Waals surface area contributed by atoms with E-state index in [1.807, 2.05) is 0 Å². The Morgan fingerprint density at radius 3 is 2.61 bits per heavy atom. The van der Waals surface area contributed by atoms with Crippen molar-refractivity contribution >= 4 is 34.2 Å². The zero-order valence-electron chi connectivity index (χ0n) is 15.0. The lowest BCUT2D eigenvalue weighted by molar-refractivity contribution is -0.114. The first kappa shape index (κ1) is 19.3. The second-order valence-corrected chi connectivity index (χ2v) is 6.18. The van der Waals surface area contributed by atoms with Gasteiger partial charge in [0.05, 0.1) is 23.2 Å². The standard InChI is InChI=1S/C17H15F2N5O4/c1-3-28-17(27)9-6-24(8-4-5-8)15-10(16(9)26)13(21-7(2)25)11(18)14(12(15)19)22-23-20/h6,8H,3-5H2,1-2H3,(H,21,25). The Bertz CT molecular complexity index is 1120. The molecule has 0 spiro atoms. The van der Waals surface area contributed by atoms with Crippen LogP contribution in [0, 0.1) is 11.6 Å². The van der Waals surface area contributed by atoms with Gasteiger partial charge < -0.3 is 14.6 Å². The van der Waals surface area contributed by atoms with Crippen molar-refractivity contribution in [1.82, 2.24) is 4.57 Å². The number of esters is 1. The monoisotopic (exact) mass is 391 g/mol. The number of aromatic nitrogens is 1. The number of hydrogen-bond donors (Lipinski definition) is 1. The van der Waals surface area contributed by atoms with E-state index in [1.54, 1.807) is 6.92 Å². The fourth-order valence-corrected chi connectivity index (χ4v) is 2.95. The molecule has 0 atom stereocenters. The summed E-state index contributed by atoms with van der Waals surface area (Å²) in [6, 6.07) is -0.236. The number of rotatable bonds is 5. The van der Waals surface area contributed by atoms with Crippen molar-refractivity contribution in [2.24, 2.45) is 5.11 Å². The summed E-state index contributed by atoms with van der Waals surface area (Å²) >= 11 is 0. The van der Waals surface area contributed by atoms with Crippen molar-refractivity contribution in [2.75, 3.05) is 11.9 Å². The molecule has 3 rings (SSSR count). The summed E-state index contributed by atoms with van der Waals surface area (Å²) in [7, 11) is 0. The predicted octanol–water partition coefficient (Wildman–Crippen LogP) is 3.69. The number of carbonyl (C=O) groups is 2. The highest BCUT2D eigenvalue weighted by Gasteiger charge is 2.32. The van der Waals surface area contributed by atoms with Crippen LogP contribution < -0.4 is 10.7 Å². The average molecular weight is 391 g/mol. The third-order valence-corrected chi connectivity index (χ3v) is 4.21. The number of pyridine rings is 1. The van der Waals surface area contributed by atoms with E-state index in [0.29, 0.717) is 12.8 Å². The van der Waals surface area contributed by atoms with Crippen LogP contribution in [-0.2, 0) is 9.53 Å². The summed E-state index contributed by atoms with van der Waals surface area (Å²) < 4.78 is 36.1. The average Bonchev–Trinajstić information content (AvgIpc) is 3.47. The van der Waals surface area contributed by atoms with E-state index in [0.717, 1.165) is 13.1 Å². The van der Waals surface area contributed by atoms with Gasteiger partial charge >= 0.3 is 5.97 Å². The Morgan fingerprint density at radius 2 is 2.07 bits per heavy atom. The molecule has 1 N–H and O–H groups in total. The second-order valence-electron chi connectivity index (χ2n) is 6.18. The van der Waals surface area contributed by atoms with Crippen LogP contribution in [0.5, 0.6) is 0 Å². The topological polar surface area (TPSA) is 126 Å². The lowest BCUT2D eigenvalue weighted by atomic mass is 10.1. The van der Waals surface area contributed by atoms with E-state index in [4.69, 9.17) is 10.3 Å². The van der Waals surface area contributed by atoms with Crippen LogP contribution in [0.2, 0.25) is 0 Å². The van der Waals surface area contributed by atoms with Crippen molar-refractivity contribution in [2.45, 2.75) is 32.7 Å². The Hall–Kier alpha value is -3.46. The van der Waals surface area contributed by atoms with Gasteiger partial charge in [-0.25, -0.2) is 13.6 Å². The number of ether oxygens (including phenoxy) is 1. The number of benzene rings is 1. The molecule has 28 heavy (non-hydrogen) atoms. The Balaban J connectivity index is 2.53. The number of nitrogens with zero attached hydrogens (tertiary/aromatic N) is 4. The summed E-state index contributed by atoms with van der Waals surface area (Å²) in [5.74, 6) is -4.34. The molecule has 1 fully saturated rings. The molecule has 1 aliphatic carbocycles. The van der Waals surface area contributed by atoms with Crippen LogP contribution in [0.1, 0.15) is 43.1 Å². The van der Waals surface area contributed by atoms with Gasteiger partial charge in [-0.05, 0) is 25.3 Å². The van der Waals surface area contributed by atoms with Gasteiger partial charge in [-0.15, -0.1) is 0 Å². The molecule has 0 bridgehead atoms. The highest BCUT2D eigenvalue weighted by atomic mass is 19.1. The van der Waals surface area contributed by atoms with E-state index >= 15 is 4.39 Å². The quantitative estimate of drug-likeness (QED) is 0.361. The van der Waals surface area contributed by atoms with Crippen LogP contribution >= 0.6 is 0 Å². The highest BCUT2D eigenvalue weighted by molar-refractivity contribution is 6.05. The second kappa shape index (κ2) is 7.28. The minimum absolute atomic E-state index is 0.00314. The summed E-state index contributed by atoms with van der Waals surface area (Å²) in [6.07, 6.45) is 2.44. The molecular weight excluding hydrogens is 376 g/mol. The van der Waals surface area contributed by atoms with E-state index in [2.05, 4.69) is 15.3 Å². The molecule has 11 heteroatoms. The summed E-state index contributed by atoms with van der Waals surface area (Å²) in [5, 5.41) is 4.64. The molecule has 0 aliphatic heterocycles. The summed E-state index contributed by atoms with van der Waals surface area (Å²) in [6.45, 7) is 2.61. The Morgan fingerprint density at radius 1 is 1.39 bits per heavy atom. The van der Waals surface area contributed by atoms with Crippen LogP contribution in [-0.4, -0.2) is 23.1 Å². The van der Waals surface area contributed by atoms with Crippen molar-refractivity contribution in [3.63, 3.8) is 0 Å². The first-order valence-electron chi connectivity index (χ1n) is 8.41. The first-order chi connectivity index (χ1) is 13.3. The number of halogens is 2. The zero-order valence-corrected chi connectivity index (χ0v) is 15.0. The van der Waals surface area contributed by atoms with Crippen molar-refractivity contribution < 1.29 is 23.1 Å². The lowest BCUT2D eigenvalue weighted by Crippen LogP contribution is -2.23. The first-order valence-corrected chi connectivity index (χ1v) is 8.41. The fraction of sp³-hybridized carbons (Fsp3) is 0.353. The molecule has 1 aromatic carbocycles. The number of anilines is 1. The number of carbonyl (C=O) groups excluding carboxylic acids is 2. The number of hydrogen-bond acceptors (Lipinski definition) is 5. The van der Waals surface area contributed by atoms with Crippen LogP contribution in [0.25, 0.3) is 21.3 Å². The van der Waals surface area contributed by atoms with Crippen molar-refractivity contribution in [1.29, 1.82) is 0 Å². The predicted molar refractivity (Wildman–Crippen MR) is 95.5 cm³/mol. The van der Waals surface area contributed by atoms with Crippen LogP contribution in [0.4, 0.5) is 20.2 Å². The van der Waals surface area contributed by atoms with E-state index in [1.165, 1.54) is 4.57 Å². The Labute approximate surface area is 156 Å². The zero-order chi connectivity index (χ0) is 20.6. The minimum Gasteiger partial charge on any atom is -0.462 e. The smallest absolute Gasteiger partial charge is 0.343 e. The molecule has 1 saturated carbocycles. The van der Waals surface area contributed by atoms with Gasteiger partial charge in [0.1, 0.15) is 11.3 Å². The van der Waals surface area contributed by atoms with Gasteiger partial charge in [0.2, 0.25) is 11.3 Å². The van der Waals surface area contributed by atoms with Gasteiger partial charge in [-0.2, -0.15) is 0 Å². The van der Waals surface area contributed by atoms with Gasteiger partial charge in [0, 0.05) is 24.1 Å². The third kappa shape index (κ3) is 3.16. The fourth-order valence-electron chi connectivity index (χ4n) is 2.95. The van der Waals surface area contributed by atoms with Crippen molar-refractivity contribution in [3.05, 3.63) is 44.1 Å². The van der Waals surface area contributed by atoms with Gasteiger partial charge in [-0.1, -0.05) is 5.11 Å². The van der Waals surface area contributed by atoms with Gasteiger partial charge in [0.25, 0.3) is 0 Å². The lowest BCUT2D eigenvalue weighted by Gasteiger charge is -2.17. The maximum atomic E-state index is 15.1. The molecule has 0 radical (unpaired) electrons. The molecule has 1 aromatic heterocycles. The number of azide groups is 1. The van der Waals surface area contributed by atoms with Crippen molar-refractivity contribution in [3.8, 4) is 0 Å². The maximum absolute atomic E-state index is 15.1. The SMILES string of the molecule is CCOC(=O)c1cn(C2CC2)c2c(F)c(N=[N+]=[N-])c(F)c(NC(C)=O)c2c1=O. The molecular formula is C17H15F2N5O4. The molecule has 1 aliphatic rings. The Kier molecular flexibility index (Phi) is 5.02. The minimum atomic E-state index is -1.40. The van der Waals surface area contributed by atoms with Gasteiger partial charge in [0.15, 0.2) is 11.6 Å². The highest BCUT2D eigenvalue weighted by Crippen LogP contribution is 2.42. The normalized spacial score (nSPS) is 13.1. The molecule has 1 heterocycles. The molecule has 2 aromatic rings. The molecule has 0 unspecified atom stereocenters. The van der Waals surface area contributed by atoms with Crippen LogP contribution in [0.15, 0.2) is 16.1 Å². The van der Waals surface area contributed by atoms with E-state index in [-0.39, 0.29) is 18.2 Å². The molecule has 146 valence electrons. The largest absolute Gasteiger partial charge is 0.462 e.